The van der Waals surface area contributed by atoms with Gasteiger partial charge in [-0.15, -0.1) is 0 Å². The highest BCUT2D eigenvalue weighted by Gasteiger charge is 2.49. The number of nitrogens with one attached hydrogen (secondary N) is 1. The van der Waals surface area contributed by atoms with Crippen molar-refractivity contribution in [2.75, 3.05) is 26.2 Å². The van der Waals surface area contributed by atoms with Crippen LogP contribution in [0.4, 0.5) is 0 Å². The van der Waals surface area contributed by atoms with Crippen LogP contribution in [0.1, 0.15) is 23.8 Å². The molecule has 5 atom stereocenters. The fraction of sp³-hybridized carbons (Fsp3) is 0.706. The van der Waals surface area contributed by atoms with Gasteiger partial charge < -0.3 is 15.0 Å². The van der Waals surface area contributed by atoms with Crippen molar-refractivity contribution in [3.05, 3.63) is 18.0 Å². The molecule has 0 spiro atoms. The predicted octanol–water partition coefficient (Wildman–Crippen LogP) is 0.279. The number of aromatic nitrogens is 2. The number of fused-ring (bicyclic) bond motifs is 1. The molecule has 0 aromatic carbocycles. The first-order valence-corrected chi connectivity index (χ1v) is 8.71. The van der Waals surface area contributed by atoms with Gasteiger partial charge in [0.15, 0.2) is 0 Å². The van der Waals surface area contributed by atoms with Crippen molar-refractivity contribution >= 4 is 11.8 Å². The standard InChI is InChI=1S/C17H24N4O3/c1-10-5-12(10)17(23)21-7-13-11(9-24-15(13)8-21)6-18-16(22)14-3-4-19-20(14)2/h3-4,10-13,15H,5-9H2,1-2H3,(H,18,22)/t10?,11-,12?,13-,15-/m1/s1. The Bertz CT molecular complexity index is 658. The van der Waals surface area contributed by atoms with Gasteiger partial charge in [0.25, 0.3) is 5.91 Å². The van der Waals surface area contributed by atoms with Crippen LogP contribution in [0.2, 0.25) is 0 Å². The summed E-state index contributed by atoms with van der Waals surface area (Å²) in [5.41, 5.74) is 0.552. The highest BCUT2D eigenvalue weighted by Crippen LogP contribution is 2.41. The fourth-order valence-electron chi connectivity index (χ4n) is 4.00. The van der Waals surface area contributed by atoms with Crippen LogP contribution >= 0.6 is 0 Å². The van der Waals surface area contributed by atoms with E-state index in [1.807, 2.05) is 4.90 Å². The van der Waals surface area contributed by atoms with Gasteiger partial charge >= 0.3 is 0 Å². The van der Waals surface area contributed by atoms with E-state index in [4.69, 9.17) is 4.74 Å². The molecule has 0 bridgehead atoms. The first kappa shape index (κ1) is 15.6. The summed E-state index contributed by atoms with van der Waals surface area (Å²) in [6.07, 6.45) is 2.76. The second-order valence-electron chi connectivity index (χ2n) is 7.41. The topological polar surface area (TPSA) is 76.5 Å². The zero-order valence-electron chi connectivity index (χ0n) is 14.1. The Morgan fingerprint density at radius 2 is 2.21 bits per heavy atom. The fourth-order valence-corrected chi connectivity index (χ4v) is 4.00. The number of hydrogen-bond acceptors (Lipinski definition) is 4. The average Bonchev–Trinajstić information content (AvgIpc) is 2.94. The quantitative estimate of drug-likeness (QED) is 0.859. The molecule has 2 saturated heterocycles. The molecule has 130 valence electrons. The van der Waals surface area contributed by atoms with Crippen LogP contribution < -0.4 is 5.32 Å². The number of hydrogen-bond donors (Lipinski definition) is 1. The zero-order valence-corrected chi connectivity index (χ0v) is 14.1. The molecule has 7 heteroatoms. The lowest BCUT2D eigenvalue weighted by Gasteiger charge is -2.20. The van der Waals surface area contributed by atoms with Gasteiger partial charge in [-0.25, -0.2) is 0 Å². The summed E-state index contributed by atoms with van der Waals surface area (Å²) in [4.78, 5) is 26.6. The monoisotopic (exact) mass is 332 g/mol. The highest BCUT2D eigenvalue weighted by molar-refractivity contribution is 5.92. The molecule has 2 aliphatic heterocycles. The van der Waals surface area contributed by atoms with Crippen molar-refractivity contribution in [1.82, 2.24) is 20.0 Å². The summed E-state index contributed by atoms with van der Waals surface area (Å²) < 4.78 is 7.45. The van der Waals surface area contributed by atoms with Crippen LogP contribution in [0.3, 0.4) is 0 Å². The van der Waals surface area contributed by atoms with Crippen LogP contribution in [0.15, 0.2) is 12.3 Å². The molecule has 0 radical (unpaired) electrons. The molecule has 2 amide bonds. The Hall–Kier alpha value is -1.89. The molecule has 3 heterocycles. The number of ether oxygens (including phenoxy) is 1. The Balaban J connectivity index is 1.32. The number of carbonyl (C=O) groups excluding carboxylic acids is 2. The van der Waals surface area contributed by atoms with E-state index < -0.39 is 0 Å². The Morgan fingerprint density at radius 1 is 1.42 bits per heavy atom. The molecule has 1 aliphatic carbocycles. The van der Waals surface area contributed by atoms with E-state index in [-0.39, 0.29) is 29.8 Å². The van der Waals surface area contributed by atoms with Gasteiger partial charge in [-0.05, 0) is 18.4 Å². The number of carbonyl (C=O) groups is 2. The first-order chi connectivity index (χ1) is 11.5. The third kappa shape index (κ3) is 2.70. The van der Waals surface area contributed by atoms with E-state index >= 15 is 0 Å². The summed E-state index contributed by atoms with van der Waals surface area (Å²) in [5, 5.41) is 7.00. The molecule has 3 fully saturated rings. The number of likely N-dealkylation sites (tertiary alicyclic amines) is 1. The maximum Gasteiger partial charge on any atom is 0.269 e. The minimum atomic E-state index is -0.115. The highest BCUT2D eigenvalue weighted by atomic mass is 16.5. The summed E-state index contributed by atoms with van der Waals surface area (Å²) in [5.74, 6) is 1.53. The second kappa shape index (κ2) is 5.88. The van der Waals surface area contributed by atoms with Gasteiger partial charge in [0.2, 0.25) is 5.91 Å². The first-order valence-electron chi connectivity index (χ1n) is 8.71. The van der Waals surface area contributed by atoms with Crippen molar-refractivity contribution < 1.29 is 14.3 Å². The molecular weight excluding hydrogens is 308 g/mol. The van der Waals surface area contributed by atoms with Crippen LogP contribution in [0, 0.1) is 23.7 Å². The molecule has 1 aromatic rings. The van der Waals surface area contributed by atoms with E-state index in [0.717, 1.165) is 13.0 Å². The van der Waals surface area contributed by atoms with E-state index in [0.29, 0.717) is 37.2 Å². The van der Waals surface area contributed by atoms with E-state index in [1.54, 1.807) is 24.0 Å². The second-order valence-corrected chi connectivity index (χ2v) is 7.41. The lowest BCUT2D eigenvalue weighted by atomic mass is 9.93. The maximum atomic E-state index is 12.4. The van der Waals surface area contributed by atoms with Crippen molar-refractivity contribution in [2.24, 2.45) is 30.7 Å². The number of nitrogens with zero attached hydrogens (tertiary/aromatic N) is 3. The van der Waals surface area contributed by atoms with Gasteiger partial charge in [0, 0.05) is 50.6 Å². The van der Waals surface area contributed by atoms with E-state index in [2.05, 4.69) is 17.3 Å². The summed E-state index contributed by atoms with van der Waals surface area (Å²) in [6, 6.07) is 1.70. The van der Waals surface area contributed by atoms with Crippen molar-refractivity contribution in [2.45, 2.75) is 19.4 Å². The molecule has 1 aromatic heterocycles. The molecule has 3 aliphatic rings. The molecule has 24 heavy (non-hydrogen) atoms. The van der Waals surface area contributed by atoms with Gasteiger partial charge in [-0.1, -0.05) is 6.92 Å². The van der Waals surface area contributed by atoms with Gasteiger partial charge in [0.1, 0.15) is 5.69 Å². The van der Waals surface area contributed by atoms with Gasteiger partial charge in [-0.2, -0.15) is 5.10 Å². The lowest BCUT2D eigenvalue weighted by Crippen LogP contribution is -2.36. The van der Waals surface area contributed by atoms with Crippen molar-refractivity contribution in [1.29, 1.82) is 0 Å². The zero-order chi connectivity index (χ0) is 16.8. The molecule has 4 rings (SSSR count). The van der Waals surface area contributed by atoms with Gasteiger partial charge in [-0.3, -0.25) is 14.3 Å². The van der Waals surface area contributed by atoms with Crippen LogP contribution in [-0.4, -0.2) is 58.8 Å². The Kier molecular flexibility index (Phi) is 3.83. The number of rotatable bonds is 4. The molecular formula is C17H24N4O3. The largest absolute Gasteiger partial charge is 0.376 e. The van der Waals surface area contributed by atoms with E-state index in [9.17, 15) is 9.59 Å². The van der Waals surface area contributed by atoms with E-state index in [1.165, 1.54) is 0 Å². The van der Waals surface area contributed by atoms with Crippen molar-refractivity contribution in [3.8, 4) is 0 Å². The smallest absolute Gasteiger partial charge is 0.269 e. The normalized spacial score (nSPS) is 34.2. The molecule has 7 nitrogen and oxygen atoms in total. The van der Waals surface area contributed by atoms with Crippen molar-refractivity contribution in [3.63, 3.8) is 0 Å². The third-order valence-electron chi connectivity index (χ3n) is 5.76. The molecule has 1 N–H and O–H groups in total. The average molecular weight is 332 g/mol. The summed E-state index contributed by atoms with van der Waals surface area (Å²) in [6.45, 7) is 4.83. The van der Waals surface area contributed by atoms with Crippen LogP contribution in [0.25, 0.3) is 0 Å². The summed E-state index contributed by atoms with van der Waals surface area (Å²) >= 11 is 0. The minimum absolute atomic E-state index is 0.115. The lowest BCUT2D eigenvalue weighted by molar-refractivity contribution is -0.132. The molecule has 1 saturated carbocycles. The SMILES string of the molecule is CC1CC1C(=O)N1C[C@@H]2[C@H](CNC(=O)c3ccnn3C)CO[C@@H]2C1. The third-order valence-corrected chi connectivity index (χ3v) is 5.76. The Labute approximate surface area is 141 Å². The molecule has 2 unspecified atom stereocenters. The predicted molar refractivity (Wildman–Crippen MR) is 86.1 cm³/mol. The number of aryl methyl sites for hydroxylation is 1. The maximum absolute atomic E-state index is 12.4. The minimum Gasteiger partial charge on any atom is -0.376 e. The van der Waals surface area contributed by atoms with Crippen LogP contribution in [0.5, 0.6) is 0 Å². The van der Waals surface area contributed by atoms with Crippen LogP contribution in [-0.2, 0) is 16.6 Å². The number of amides is 2. The van der Waals surface area contributed by atoms with Gasteiger partial charge in [0.05, 0.1) is 12.7 Å². The Morgan fingerprint density at radius 3 is 2.88 bits per heavy atom. The summed E-state index contributed by atoms with van der Waals surface area (Å²) in [7, 11) is 1.75.